The first-order chi connectivity index (χ1) is 3.39. The molecule has 1 fully saturated rings. The Bertz CT molecular complexity index is 50.0. The van der Waals surface area contributed by atoms with Gasteiger partial charge in [-0.2, -0.15) is 0 Å². The summed E-state index contributed by atoms with van der Waals surface area (Å²) in [6.45, 7) is 2.61. The summed E-state index contributed by atoms with van der Waals surface area (Å²) in [6, 6.07) is 0. The minimum atomic E-state index is -0.302. The Hall–Kier alpha value is 0.690. The summed E-state index contributed by atoms with van der Waals surface area (Å²) in [7, 11) is 0. The molecule has 1 heterocycles. The van der Waals surface area contributed by atoms with Gasteiger partial charge >= 0.3 is 52.0 Å². The molecular formula is C5H12IN. The van der Waals surface area contributed by atoms with E-state index in [9.17, 15) is 0 Å². The molecular weight excluding hydrogens is 201 g/mol. The average molecular weight is 213 g/mol. The van der Waals surface area contributed by atoms with Gasteiger partial charge in [-0.3, -0.25) is 0 Å². The number of hydrogen-bond donors (Lipinski definition) is 1. The average Bonchev–Trinajstić information content (AvgIpc) is 1.69. The second kappa shape index (κ2) is 2.87. The summed E-state index contributed by atoms with van der Waals surface area (Å²) in [4.78, 5) is 2.48. The number of nitrogens with one attached hydrogen (secondary N) is 1. The summed E-state index contributed by atoms with van der Waals surface area (Å²) in [6.07, 6.45) is 0. The third-order valence-corrected chi connectivity index (χ3v) is 5.95. The van der Waals surface area contributed by atoms with E-state index in [0.29, 0.717) is 0 Å². The van der Waals surface area contributed by atoms with Crippen LogP contribution in [0.4, 0.5) is 0 Å². The van der Waals surface area contributed by atoms with Gasteiger partial charge in [0.05, 0.1) is 0 Å². The molecule has 1 aliphatic heterocycles. The summed E-state index contributed by atoms with van der Waals surface area (Å²) >= 11 is -0.302. The summed E-state index contributed by atoms with van der Waals surface area (Å²) in [5.41, 5.74) is 0. The first-order valence-electron chi connectivity index (χ1n) is 2.62. The van der Waals surface area contributed by atoms with Crippen molar-refractivity contribution in [3.8, 4) is 0 Å². The monoisotopic (exact) mass is 213 g/mol. The van der Waals surface area contributed by atoms with Crippen molar-refractivity contribution >= 4 is 19.8 Å². The van der Waals surface area contributed by atoms with Crippen molar-refractivity contribution < 1.29 is 0 Å². The van der Waals surface area contributed by atoms with Crippen molar-refractivity contribution in [1.29, 1.82) is 0 Å². The van der Waals surface area contributed by atoms with Gasteiger partial charge in [0.15, 0.2) is 0 Å². The van der Waals surface area contributed by atoms with E-state index in [-0.39, 0.29) is 19.8 Å². The number of alkyl halides is 3. The van der Waals surface area contributed by atoms with Crippen molar-refractivity contribution in [3.63, 3.8) is 0 Å². The van der Waals surface area contributed by atoms with E-state index in [0.717, 1.165) is 0 Å². The van der Waals surface area contributed by atoms with Crippen LogP contribution < -0.4 is 5.32 Å². The van der Waals surface area contributed by atoms with Gasteiger partial charge in [0, 0.05) is 0 Å². The molecule has 0 bridgehead atoms. The number of rotatable bonds is 0. The molecule has 7 heavy (non-hydrogen) atoms. The van der Waals surface area contributed by atoms with Crippen molar-refractivity contribution in [2.75, 3.05) is 26.9 Å². The zero-order valence-electron chi connectivity index (χ0n) is 4.71. The fraction of sp³-hybridized carbons (Fsp3) is 1.00. The first kappa shape index (κ1) is 5.82. The molecule has 0 aromatic heterocycles. The Morgan fingerprint density at radius 1 is 1.29 bits per heavy atom. The van der Waals surface area contributed by atoms with E-state index < -0.39 is 0 Å². The van der Waals surface area contributed by atoms with Gasteiger partial charge in [0.25, 0.3) is 0 Å². The van der Waals surface area contributed by atoms with Gasteiger partial charge in [-0.05, 0) is 0 Å². The van der Waals surface area contributed by atoms with Crippen LogP contribution in [0.2, 0.25) is 0 Å². The Kier molecular flexibility index (Phi) is 2.38. The van der Waals surface area contributed by atoms with E-state index in [1.807, 2.05) is 0 Å². The van der Waals surface area contributed by atoms with Crippen LogP contribution in [-0.2, 0) is 0 Å². The van der Waals surface area contributed by atoms with Gasteiger partial charge in [-0.1, -0.05) is 0 Å². The second-order valence-electron chi connectivity index (χ2n) is 1.85. The van der Waals surface area contributed by atoms with Crippen LogP contribution in [-0.4, -0.2) is 26.9 Å². The quantitative estimate of drug-likeness (QED) is 0.462. The molecule has 0 amide bonds. The Morgan fingerprint density at radius 3 is 2.14 bits per heavy atom. The maximum absolute atomic E-state index is 3.35. The van der Waals surface area contributed by atoms with Crippen LogP contribution >= 0.6 is 19.8 Å². The fourth-order valence-corrected chi connectivity index (χ4v) is 3.82. The Balaban J connectivity index is 2.12. The number of hydrogen-bond acceptors (Lipinski definition) is 1. The minimum absolute atomic E-state index is 0.302. The van der Waals surface area contributed by atoms with Gasteiger partial charge in [-0.15, -0.1) is 0 Å². The van der Waals surface area contributed by atoms with Crippen LogP contribution in [0.25, 0.3) is 0 Å². The summed E-state index contributed by atoms with van der Waals surface area (Å²) in [5, 5.41) is 3.35. The third-order valence-electron chi connectivity index (χ3n) is 1.19. The predicted molar refractivity (Wildman–Crippen MR) is 42.5 cm³/mol. The molecule has 2 heteroatoms. The molecule has 0 unspecified atom stereocenters. The summed E-state index contributed by atoms with van der Waals surface area (Å²) in [5.74, 6) is 0. The van der Waals surface area contributed by atoms with Crippen molar-refractivity contribution in [2.24, 2.45) is 0 Å². The summed E-state index contributed by atoms with van der Waals surface area (Å²) < 4.78 is 3.06. The number of halogens is 1. The predicted octanol–water partition coefficient (Wildman–Crippen LogP) is 0.726. The molecule has 1 N–H and O–H groups in total. The first-order valence-corrected chi connectivity index (χ1v) is 7.83. The van der Waals surface area contributed by atoms with E-state index in [1.54, 1.807) is 0 Å². The topological polar surface area (TPSA) is 12.0 Å². The van der Waals surface area contributed by atoms with E-state index in [2.05, 4.69) is 10.2 Å². The molecule has 44 valence electrons. The molecule has 1 rings (SSSR count). The van der Waals surface area contributed by atoms with Crippen molar-refractivity contribution in [3.05, 3.63) is 0 Å². The molecule has 0 radical (unpaired) electrons. The standard InChI is InChI=1S/C5H12IN/c1-6-2-4-7-5-3-6/h7H,2-5H2,1H3. The molecule has 0 aromatic rings. The zero-order chi connectivity index (χ0) is 5.11. The zero-order valence-corrected chi connectivity index (χ0v) is 6.86. The molecule has 1 aliphatic rings. The van der Waals surface area contributed by atoms with Gasteiger partial charge in [0.2, 0.25) is 0 Å². The maximum atomic E-state index is 3.35. The van der Waals surface area contributed by atoms with Gasteiger partial charge in [0.1, 0.15) is 0 Å². The molecule has 1 saturated heterocycles. The van der Waals surface area contributed by atoms with E-state index in [4.69, 9.17) is 0 Å². The van der Waals surface area contributed by atoms with Crippen molar-refractivity contribution in [1.82, 2.24) is 5.32 Å². The van der Waals surface area contributed by atoms with Gasteiger partial charge < -0.3 is 0 Å². The second-order valence-corrected chi connectivity index (χ2v) is 8.14. The van der Waals surface area contributed by atoms with Gasteiger partial charge in [-0.25, -0.2) is 0 Å². The molecule has 1 nitrogen and oxygen atoms in total. The normalized spacial score (nSPS) is 27.9. The molecule has 0 saturated carbocycles. The SMILES string of the molecule is CI1CCNCC1. The van der Waals surface area contributed by atoms with Crippen LogP contribution in [0, 0.1) is 0 Å². The molecule has 0 aliphatic carbocycles. The van der Waals surface area contributed by atoms with Crippen LogP contribution in [0.3, 0.4) is 0 Å². The molecule has 0 spiro atoms. The van der Waals surface area contributed by atoms with E-state index in [1.165, 1.54) is 21.9 Å². The van der Waals surface area contributed by atoms with Crippen LogP contribution in [0.15, 0.2) is 0 Å². The van der Waals surface area contributed by atoms with Crippen LogP contribution in [0.1, 0.15) is 0 Å². The third kappa shape index (κ3) is 1.95. The molecule has 0 atom stereocenters. The van der Waals surface area contributed by atoms with Crippen LogP contribution in [0.5, 0.6) is 0 Å². The van der Waals surface area contributed by atoms with E-state index >= 15 is 0 Å². The fourth-order valence-electron chi connectivity index (χ4n) is 0.676. The van der Waals surface area contributed by atoms with Crippen molar-refractivity contribution in [2.45, 2.75) is 0 Å². The Morgan fingerprint density at radius 2 is 1.86 bits per heavy atom. The molecule has 0 aromatic carbocycles. The Labute approximate surface area is 52.3 Å².